The fraction of sp³-hybridized carbons (Fsp3) is 0.368. The van der Waals surface area contributed by atoms with Gasteiger partial charge in [0.25, 0.3) is 0 Å². The van der Waals surface area contributed by atoms with E-state index in [0.29, 0.717) is 11.7 Å². The first-order chi connectivity index (χ1) is 11.5. The largest absolute Gasteiger partial charge is 0.477 e. The number of hydrogen-bond donors (Lipinski definition) is 2. The number of carboxylic acids is 1. The van der Waals surface area contributed by atoms with Gasteiger partial charge in [-0.1, -0.05) is 50.2 Å². The van der Waals surface area contributed by atoms with E-state index in [1.807, 2.05) is 18.2 Å². The Morgan fingerprint density at radius 2 is 1.88 bits per heavy atom. The van der Waals surface area contributed by atoms with Crippen molar-refractivity contribution >= 4 is 11.8 Å². The van der Waals surface area contributed by atoms with Crippen LogP contribution >= 0.6 is 0 Å². The number of likely N-dealkylation sites (N-methyl/N-ethyl adjacent to an activating group) is 1. The number of benzene rings is 1. The molecule has 2 aromatic rings. The van der Waals surface area contributed by atoms with E-state index in [2.05, 4.69) is 48.2 Å². The first-order valence-electron chi connectivity index (χ1n) is 8.15. The van der Waals surface area contributed by atoms with Crippen molar-refractivity contribution < 1.29 is 9.90 Å². The molecule has 0 amide bonds. The molecular weight excluding hydrogens is 302 g/mol. The molecule has 128 valence electrons. The number of aromatic carboxylic acids is 1. The number of nitrogens with one attached hydrogen (secondary N) is 1. The van der Waals surface area contributed by atoms with Crippen molar-refractivity contribution in [3.05, 3.63) is 59.8 Å². The van der Waals surface area contributed by atoms with Gasteiger partial charge < -0.3 is 15.3 Å². The average Bonchev–Trinajstić information content (AvgIpc) is 2.55. The van der Waals surface area contributed by atoms with Gasteiger partial charge in [-0.2, -0.15) is 0 Å². The number of aromatic nitrogens is 1. The summed E-state index contributed by atoms with van der Waals surface area (Å²) in [4.78, 5) is 17.5. The molecule has 0 aliphatic heterocycles. The van der Waals surface area contributed by atoms with E-state index >= 15 is 0 Å². The van der Waals surface area contributed by atoms with Crippen molar-refractivity contribution in [2.75, 3.05) is 18.9 Å². The Morgan fingerprint density at radius 3 is 2.50 bits per heavy atom. The van der Waals surface area contributed by atoms with Gasteiger partial charge in [0.2, 0.25) is 0 Å². The first-order valence-corrected chi connectivity index (χ1v) is 8.15. The molecule has 24 heavy (non-hydrogen) atoms. The Morgan fingerprint density at radius 1 is 1.17 bits per heavy atom. The van der Waals surface area contributed by atoms with Gasteiger partial charge in [-0.15, -0.1) is 0 Å². The van der Waals surface area contributed by atoms with Gasteiger partial charge in [-0.3, -0.25) is 0 Å². The van der Waals surface area contributed by atoms with Crippen LogP contribution in [0.4, 0.5) is 5.82 Å². The SMILES string of the molecule is CC(C)C(CN(C)Cc1ccccc1)Nc1cccc(C(=O)O)n1. The molecule has 0 saturated heterocycles. The fourth-order valence-electron chi connectivity index (χ4n) is 2.54. The molecule has 1 unspecified atom stereocenters. The highest BCUT2D eigenvalue weighted by Crippen LogP contribution is 2.13. The third-order valence-electron chi connectivity index (χ3n) is 3.91. The third kappa shape index (κ3) is 5.35. The summed E-state index contributed by atoms with van der Waals surface area (Å²) < 4.78 is 0. The van der Waals surface area contributed by atoms with E-state index < -0.39 is 5.97 Å². The van der Waals surface area contributed by atoms with Crippen molar-refractivity contribution in [2.45, 2.75) is 26.4 Å². The normalized spacial score (nSPS) is 12.4. The molecule has 0 saturated carbocycles. The van der Waals surface area contributed by atoms with Gasteiger partial charge in [-0.25, -0.2) is 9.78 Å². The Bertz CT molecular complexity index is 659. The van der Waals surface area contributed by atoms with Gasteiger partial charge in [0, 0.05) is 19.1 Å². The topological polar surface area (TPSA) is 65.5 Å². The quantitative estimate of drug-likeness (QED) is 0.778. The number of anilines is 1. The first kappa shape index (κ1) is 17.9. The monoisotopic (exact) mass is 327 g/mol. The number of hydrogen-bond acceptors (Lipinski definition) is 4. The lowest BCUT2D eigenvalue weighted by Gasteiger charge is -2.28. The molecule has 5 heteroatoms. The van der Waals surface area contributed by atoms with Gasteiger partial charge in [0.05, 0.1) is 0 Å². The second kappa shape index (κ2) is 8.45. The van der Waals surface area contributed by atoms with Crippen LogP contribution in [0.3, 0.4) is 0 Å². The predicted molar refractivity (Wildman–Crippen MR) is 96.2 cm³/mol. The van der Waals surface area contributed by atoms with Crippen LogP contribution in [0.15, 0.2) is 48.5 Å². The summed E-state index contributed by atoms with van der Waals surface area (Å²) >= 11 is 0. The average molecular weight is 327 g/mol. The van der Waals surface area contributed by atoms with Crippen molar-refractivity contribution in [2.24, 2.45) is 5.92 Å². The third-order valence-corrected chi connectivity index (χ3v) is 3.91. The van der Waals surface area contributed by atoms with Gasteiger partial charge in [0.1, 0.15) is 5.82 Å². The van der Waals surface area contributed by atoms with E-state index in [9.17, 15) is 4.79 Å². The molecule has 2 N–H and O–H groups in total. The Balaban J connectivity index is 2.01. The lowest BCUT2D eigenvalue weighted by Crippen LogP contribution is -2.38. The van der Waals surface area contributed by atoms with Gasteiger partial charge >= 0.3 is 5.97 Å². The molecule has 1 heterocycles. The maximum absolute atomic E-state index is 11.1. The molecule has 1 aromatic carbocycles. The van der Waals surface area contributed by atoms with Crippen LogP contribution in [0.2, 0.25) is 0 Å². The van der Waals surface area contributed by atoms with Crippen LogP contribution in [-0.4, -0.2) is 40.6 Å². The van der Waals surface area contributed by atoms with Crippen molar-refractivity contribution in [1.29, 1.82) is 0 Å². The lowest BCUT2D eigenvalue weighted by molar-refractivity contribution is 0.0690. The summed E-state index contributed by atoms with van der Waals surface area (Å²) in [5.41, 5.74) is 1.33. The fourth-order valence-corrected chi connectivity index (χ4v) is 2.54. The van der Waals surface area contributed by atoms with Crippen molar-refractivity contribution in [1.82, 2.24) is 9.88 Å². The molecule has 0 spiro atoms. The van der Waals surface area contributed by atoms with E-state index in [4.69, 9.17) is 5.11 Å². The molecule has 0 aliphatic rings. The molecule has 5 nitrogen and oxygen atoms in total. The second-order valence-electron chi connectivity index (χ2n) is 6.39. The van der Waals surface area contributed by atoms with Crippen molar-refractivity contribution in [3.8, 4) is 0 Å². The number of carboxylic acid groups (broad SMARTS) is 1. The minimum absolute atomic E-state index is 0.0557. The van der Waals surface area contributed by atoms with E-state index in [-0.39, 0.29) is 11.7 Å². The molecular formula is C19H25N3O2. The Labute approximate surface area is 143 Å². The van der Waals surface area contributed by atoms with Crippen molar-refractivity contribution in [3.63, 3.8) is 0 Å². The molecule has 0 bridgehead atoms. The van der Waals surface area contributed by atoms with Crippen LogP contribution in [0, 0.1) is 5.92 Å². The minimum Gasteiger partial charge on any atom is -0.477 e. The highest BCUT2D eigenvalue weighted by molar-refractivity contribution is 5.85. The van der Waals surface area contributed by atoms with E-state index in [1.165, 1.54) is 11.6 Å². The van der Waals surface area contributed by atoms with Crippen LogP contribution in [-0.2, 0) is 6.54 Å². The Hall–Kier alpha value is -2.40. The Kier molecular flexibility index (Phi) is 6.32. The maximum atomic E-state index is 11.1. The van der Waals surface area contributed by atoms with Crippen LogP contribution in [0.5, 0.6) is 0 Å². The zero-order chi connectivity index (χ0) is 17.5. The zero-order valence-electron chi connectivity index (χ0n) is 14.4. The molecule has 0 aliphatic carbocycles. The summed E-state index contributed by atoms with van der Waals surface area (Å²) in [6, 6.07) is 15.5. The molecule has 1 atom stereocenters. The summed E-state index contributed by atoms with van der Waals surface area (Å²) in [5.74, 6) is -0.0267. The smallest absolute Gasteiger partial charge is 0.354 e. The van der Waals surface area contributed by atoms with Gasteiger partial charge in [0.15, 0.2) is 5.69 Å². The predicted octanol–water partition coefficient (Wildman–Crippen LogP) is 3.35. The van der Waals surface area contributed by atoms with E-state index in [1.54, 1.807) is 12.1 Å². The van der Waals surface area contributed by atoms with Crippen LogP contribution < -0.4 is 5.32 Å². The van der Waals surface area contributed by atoms with Crippen LogP contribution in [0.25, 0.3) is 0 Å². The second-order valence-corrected chi connectivity index (χ2v) is 6.39. The maximum Gasteiger partial charge on any atom is 0.354 e. The van der Waals surface area contributed by atoms with Gasteiger partial charge in [-0.05, 0) is 30.7 Å². The number of carbonyl (C=O) groups is 1. The number of pyridine rings is 1. The summed E-state index contributed by atoms with van der Waals surface area (Å²) in [6.45, 7) is 6.00. The molecule has 1 aromatic heterocycles. The minimum atomic E-state index is -1.01. The molecule has 2 rings (SSSR count). The molecule has 0 radical (unpaired) electrons. The molecule has 0 fully saturated rings. The van der Waals surface area contributed by atoms with Crippen LogP contribution in [0.1, 0.15) is 29.9 Å². The lowest BCUT2D eigenvalue weighted by atomic mass is 10.0. The number of nitrogens with zero attached hydrogens (tertiary/aromatic N) is 2. The number of rotatable bonds is 8. The standard InChI is InChI=1S/C19H25N3O2/c1-14(2)17(13-22(3)12-15-8-5-4-6-9-15)21-18-11-7-10-16(20-18)19(23)24/h4-11,14,17H,12-13H2,1-3H3,(H,20,21)(H,23,24). The summed E-state index contributed by atoms with van der Waals surface area (Å²) in [7, 11) is 2.09. The highest BCUT2D eigenvalue weighted by Gasteiger charge is 2.17. The highest BCUT2D eigenvalue weighted by atomic mass is 16.4. The summed E-state index contributed by atoms with van der Waals surface area (Å²) in [6.07, 6.45) is 0. The summed E-state index contributed by atoms with van der Waals surface area (Å²) in [5, 5.41) is 12.4. The zero-order valence-corrected chi connectivity index (χ0v) is 14.4. The van der Waals surface area contributed by atoms with E-state index in [0.717, 1.165) is 13.1 Å².